The minimum atomic E-state index is -0.869. The predicted octanol–water partition coefficient (Wildman–Crippen LogP) is 4.20. The summed E-state index contributed by atoms with van der Waals surface area (Å²) >= 11 is 0. The SMILES string of the molecule is COc1ccc([C@H]2CCCN2C(=O)C2CCN(C(=O)c3ccc(F)cc3F)CC2)c(OC)c1. The molecular formula is C25H28F2N2O4. The van der Waals surface area contributed by atoms with Crippen molar-refractivity contribution < 1.29 is 27.8 Å². The lowest BCUT2D eigenvalue weighted by Crippen LogP contribution is -2.44. The van der Waals surface area contributed by atoms with Crippen molar-refractivity contribution in [3.8, 4) is 11.5 Å². The van der Waals surface area contributed by atoms with Crippen LogP contribution in [0.4, 0.5) is 8.78 Å². The largest absolute Gasteiger partial charge is 0.497 e. The Morgan fingerprint density at radius 2 is 1.70 bits per heavy atom. The topological polar surface area (TPSA) is 59.1 Å². The van der Waals surface area contributed by atoms with E-state index in [2.05, 4.69) is 0 Å². The van der Waals surface area contributed by atoms with Crippen LogP contribution in [0.3, 0.4) is 0 Å². The quantitative estimate of drug-likeness (QED) is 0.674. The van der Waals surface area contributed by atoms with Crippen LogP contribution in [0.2, 0.25) is 0 Å². The summed E-state index contributed by atoms with van der Waals surface area (Å²) in [5.74, 6) is -0.789. The van der Waals surface area contributed by atoms with Crippen molar-refractivity contribution >= 4 is 11.8 Å². The van der Waals surface area contributed by atoms with Gasteiger partial charge in [0.15, 0.2) is 0 Å². The Labute approximate surface area is 192 Å². The van der Waals surface area contributed by atoms with Crippen molar-refractivity contribution in [2.75, 3.05) is 33.9 Å². The Morgan fingerprint density at radius 1 is 0.939 bits per heavy atom. The maximum atomic E-state index is 14.0. The van der Waals surface area contributed by atoms with E-state index in [1.807, 2.05) is 23.1 Å². The summed E-state index contributed by atoms with van der Waals surface area (Å²) in [6.45, 7) is 1.39. The van der Waals surface area contributed by atoms with Crippen molar-refractivity contribution in [1.82, 2.24) is 9.80 Å². The summed E-state index contributed by atoms with van der Waals surface area (Å²) in [7, 11) is 3.21. The normalized spacial score (nSPS) is 19.0. The minimum absolute atomic E-state index is 0.0636. The summed E-state index contributed by atoms with van der Waals surface area (Å²) in [5, 5.41) is 0. The molecule has 33 heavy (non-hydrogen) atoms. The van der Waals surface area contributed by atoms with E-state index in [9.17, 15) is 18.4 Å². The van der Waals surface area contributed by atoms with Crippen LogP contribution < -0.4 is 9.47 Å². The average molecular weight is 459 g/mol. The highest BCUT2D eigenvalue weighted by atomic mass is 19.1. The van der Waals surface area contributed by atoms with Crippen molar-refractivity contribution in [3.63, 3.8) is 0 Å². The van der Waals surface area contributed by atoms with Crippen molar-refractivity contribution in [1.29, 1.82) is 0 Å². The molecule has 0 aromatic heterocycles. The number of hydrogen-bond acceptors (Lipinski definition) is 4. The number of carbonyl (C=O) groups excluding carboxylic acids is 2. The number of piperidine rings is 1. The van der Waals surface area contributed by atoms with Gasteiger partial charge in [-0.3, -0.25) is 9.59 Å². The molecule has 8 heteroatoms. The van der Waals surface area contributed by atoms with Crippen LogP contribution in [0.5, 0.6) is 11.5 Å². The van der Waals surface area contributed by atoms with Crippen molar-refractivity contribution in [2.24, 2.45) is 5.92 Å². The third kappa shape index (κ3) is 4.65. The predicted molar refractivity (Wildman–Crippen MR) is 118 cm³/mol. The highest BCUT2D eigenvalue weighted by molar-refractivity contribution is 5.94. The van der Waals surface area contributed by atoms with E-state index in [4.69, 9.17) is 9.47 Å². The van der Waals surface area contributed by atoms with E-state index in [-0.39, 0.29) is 23.4 Å². The first-order valence-electron chi connectivity index (χ1n) is 11.2. The fourth-order valence-corrected chi connectivity index (χ4v) is 4.84. The smallest absolute Gasteiger partial charge is 0.256 e. The summed E-state index contributed by atoms with van der Waals surface area (Å²) in [5.41, 5.74) is 0.816. The van der Waals surface area contributed by atoms with Gasteiger partial charge in [0.1, 0.15) is 23.1 Å². The van der Waals surface area contributed by atoms with E-state index in [1.54, 1.807) is 14.2 Å². The van der Waals surface area contributed by atoms with Crippen molar-refractivity contribution in [2.45, 2.75) is 31.7 Å². The van der Waals surface area contributed by atoms with Gasteiger partial charge < -0.3 is 19.3 Å². The zero-order chi connectivity index (χ0) is 23.5. The monoisotopic (exact) mass is 458 g/mol. The summed E-state index contributed by atoms with van der Waals surface area (Å²) in [6, 6.07) is 8.55. The molecule has 2 aliphatic heterocycles. The molecular weight excluding hydrogens is 430 g/mol. The summed E-state index contributed by atoms with van der Waals surface area (Å²) in [6.07, 6.45) is 2.79. The number of hydrogen-bond donors (Lipinski definition) is 0. The molecule has 0 bridgehead atoms. The lowest BCUT2D eigenvalue weighted by Gasteiger charge is -2.35. The van der Waals surface area contributed by atoms with E-state index < -0.39 is 17.5 Å². The van der Waals surface area contributed by atoms with Gasteiger partial charge in [-0.05, 0) is 49.9 Å². The molecule has 0 saturated carbocycles. The first-order valence-corrected chi connectivity index (χ1v) is 11.2. The number of nitrogens with zero attached hydrogens (tertiary/aromatic N) is 2. The van der Waals surface area contributed by atoms with E-state index in [1.165, 1.54) is 11.0 Å². The molecule has 2 fully saturated rings. The van der Waals surface area contributed by atoms with E-state index >= 15 is 0 Å². The molecule has 2 saturated heterocycles. The number of amides is 2. The zero-order valence-electron chi connectivity index (χ0n) is 18.9. The highest BCUT2D eigenvalue weighted by Crippen LogP contribution is 2.40. The highest BCUT2D eigenvalue weighted by Gasteiger charge is 2.37. The Kier molecular flexibility index (Phi) is 6.81. The van der Waals surface area contributed by atoms with Crippen LogP contribution in [-0.4, -0.2) is 55.5 Å². The van der Waals surface area contributed by atoms with Gasteiger partial charge in [-0.2, -0.15) is 0 Å². The summed E-state index contributed by atoms with van der Waals surface area (Å²) in [4.78, 5) is 29.5. The van der Waals surface area contributed by atoms with Crippen LogP contribution in [0.1, 0.15) is 47.6 Å². The van der Waals surface area contributed by atoms with Gasteiger partial charge in [0.2, 0.25) is 5.91 Å². The molecule has 0 N–H and O–H groups in total. The van der Waals surface area contributed by atoms with Gasteiger partial charge in [0.25, 0.3) is 5.91 Å². The second-order valence-corrected chi connectivity index (χ2v) is 8.49. The van der Waals surface area contributed by atoms with Gasteiger partial charge >= 0.3 is 0 Å². The fraction of sp³-hybridized carbons (Fsp3) is 0.440. The molecule has 2 heterocycles. The molecule has 1 atom stereocenters. The Balaban J connectivity index is 1.42. The number of benzene rings is 2. The number of carbonyl (C=O) groups is 2. The van der Waals surface area contributed by atoms with Crippen LogP contribution in [-0.2, 0) is 4.79 Å². The lowest BCUT2D eigenvalue weighted by molar-refractivity contribution is -0.137. The van der Waals surface area contributed by atoms with Gasteiger partial charge in [-0.1, -0.05) is 0 Å². The molecule has 6 nitrogen and oxygen atoms in total. The first-order chi connectivity index (χ1) is 15.9. The Morgan fingerprint density at radius 3 is 2.36 bits per heavy atom. The molecule has 176 valence electrons. The molecule has 2 aromatic carbocycles. The Bertz CT molecular complexity index is 1040. The summed E-state index contributed by atoms with van der Waals surface area (Å²) < 4.78 is 38.0. The first kappa shape index (κ1) is 23.0. The number of ether oxygens (including phenoxy) is 2. The molecule has 4 rings (SSSR count). The molecule has 2 amide bonds. The van der Waals surface area contributed by atoms with E-state index in [0.717, 1.165) is 24.5 Å². The fourth-order valence-electron chi connectivity index (χ4n) is 4.84. The molecule has 2 aromatic rings. The minimum Gasteiger partial charge on any atom is -0.497 e. The standard InChI is InChI=1S/C25H28F2N2O4/c1-32-18-6-8-20(23(15-18)33-2)22-4-3-11-29(22)24(30)16-9-12-28(13-10-16)25(31)19-7-5-17(26)14-21(19)27/h5-8,14-16,22H,3-4,9-13H2,1-2H3/t22-/m1/s1. The van der Waals surface area contributed by atoms with Crippen molar-refractivity contribution in [3.05, 3.63) is 59.2 Å². The van der Waals surface area contributed by atoms with Crippen LogP contribution in [0.25, 0.3) is 0 Å². The second kappa shape index (κ2) is 9.77. The maximum absolute atomic E-state index is 14.0. The third-order valence-electron chi connectivity index (χ3n) is 6.63. The van der Waals surface area contributed by atoms with Gasteiger partial charge in [-0.15, -0.1) is 0 Å². The molecule has 0 unspecified atom stereocenters. The van der Waals surface area contributed by atoms with Crippen LogP contribution >= 0.6 is 0 Å². The number of likely N-dealkylation sites (tertiary alicyclic amines) is 2. The number of halogens is 2. The Hall–Kier alpha value is -3.16. The molecule has 2 aliphatic rings. The molecule has 0 radical (unpaired) electrons. The van der Waals surface area contributed by atoms with Crippen LogP contribution in [0.15, 0.2) is 36.4 Å². The average Bonchev–Trinajstić information content (AvgIpc) is 3.32. The lowest BCUT2D eigenvalue weighted by atomic mass is 9.93. The van der Waals surface area contributed by atoms with Gasteiger partial charge in [0, 0.05) is 43.2 Å². The molecule has 0 spiro atoms. The van der Waals surface area contributed by atoms with Gasteiger partial charge in [0.05, 0.1) is 25.8 Å². The van der Waals surface area contributed by atoms with E-state index in [0.29, 0.717) is 50.0 Å². The van der Waals surface area contributed by atoms with Gasteiger partial charge in [-0.25, -0.2) is 8.78 Å². The second-order valence-electron chi connectivity index (χ2n) is 8.49. The van der Waals surface area contributed by atoms with Crippen LogP contribution in [0, 0.1) is 17.6 Å². The number of rotatable bonds is 5. The third-order valence-corrected chi connectivity index (χ3v) is 6.63. The zero-order valence-corrected chi connectivity index (χ0v) is 18.9. The molecule has 0 aliphatic carbocycles. The maximum Gasteiger partial charge on any atom is 0.256 e. The number of methoxy groups -OCH3 is 2.